The van der Waals surface area contributed by atoms with Crippen LogP contribution in [0.4, 0.5) is 0 Å². The second-order valence-corrected chi connectivity index (χ2v) is 6.01. The van der Waals surface area contributed by atoms with Crippen LogP contribution in [0.5, 0.6) is 0 Å². The topological polar surface area (TPSA) is 46.2 Å². The van der Waals surface area contributed by atoms with E-state index in [1.165, 1.54) is 25.7 Å². The van der Waals surface area contributed by atoms with Gasteiger partial charge in [0.1, 0.15) is 0 Å². The highest BCUT2D eigenvalue weighted by molar-refractivity contribution is 6.01. The lowest BCUT2D eigenvalue weighted by Crippen LogP contribution is -2.23. The third kappa shape index (κ3) is 2.77. The summed E-state index contributed by atoms with van der Waals surface area (Å²) in [5.41, 5.74) is 2.46. The van der Waals surface area contributed by atoms with Crippen molar-refractivity contribution >= 4 is 11.7 Å². The Balaban J connectivity index is 1.80. The first kappa shape index (κ1) is 13.3. The SMILES string of the molecule is O=C(CC1CCCC1)c1ccc2c(c1)C(=O)NCCC2. The number of ketones is 1. The van der Waals surface area contributed by atoms with Gasteiger partial charge < -0.3 is 5.32 Å². The standard InChI is InChI=1S/C17H21NO2/c19-16(10-12-4-1-2-5-12)14-8-7-13-6-3-9-18-17(20)15(13)11-14/h7-8,11-12H,1-6,9-10H2,(H,18,20). The van der Waals surface area contributed by atoms with Crippen LogP contribution in [0.3, 0.4) is 0 Å². The highest BCUT2D eigenvalue weighted by Gasteiger charge is 2.21. The molecule has 0 saturated heterocycles. The van der Waals surface area contributed by atoms with E-state index in [0.29, 0.717) is 23.5 Å². The van der Waals surface area contributed by atoms with E-state index >= 15 is 0 Å². The Hall–Kier alpha value is -1.64. The molecular weight excluding hydrogens is 250 g/mol. The lowest BCUT2D eigenvalue weighted by atomic mass is 9.94. The summed E-state index contributed by atoms with van der Waals surface area (Å²) in [6, 6.07) is 5.66. The van der Waals surface area contributed by atoms with Crippen LogP contribution in [-0.4, -0.2) is 18.2 Å². The maximum atomic E-state index is 12.3. The van der Waals surface area contributed by atoms with Crippen LogP contribution >= 0.6 is 0 Å². The van der Waals surface area contributed by atoms with Crippen molar-refractivity contribution in [3.8, 4) is 0 Å². The van der Waals surface area contributed by atoms with E-state index in [1.807, 2.05) is 12.1 Å². The zero-order valence-electron chi connectivity index (χ0n) is 11.8. The molecule has 0 aromatic heterocycles. The summed E-state index contributed by atoms with van der Waals surface area (Å²) < 4.78 is 0. The molecule has 0 unspecified atom stereocenters. The monoisotopic (exact) mass is 271 g/mol. The summed E-state index contributed by atoms with van der Waals surface area (Å²) in [5.74, 6) is 0.708. The Morgan fingerprint density at radius 2 is 2.00 bits per heavy atom. The molecular formula is C17H21NO2. The molecule has 20 heavy (non-hydrogen) atoms. The van der Waals surface area contributed by atoms with Gasteiger partial charge in [-0.05, 0) is 30.4 Å². The Labute approximate surface area is 119 Å². The number of amides is 1. The average Bonchev–Trinajstić information content (AvgIpc) is 2.89. The van der Waals surface area contributed by atoms with Crippen molar-refractivity contribution in [3.05, 3.63) is 34.9 Å². The number of hydrogen-bond donors (Lipinski definition) is 1. The summed E-state index contributed by atoms with van der Waals surface area (Å²) >= 11 is 0. The van der Waals surface area contributed by atoms with E-state index in [1.54, 1.807) is 6.07 Å². The molecule has 1 aromatic rings. The third-order valence-corrected chi connectivity index (χ3v) is 4.53. The third-order valence-electron chi connectivity index (χ3n) is 4.53. The zero-order valence-corrected chi connectivity index (χ0v) is 11.8. The molecule has 0 radical (unpaired) electrons. The molecule has 1 N–H and O–H groups in total. The number of nitrogens with one attached hydrogen (secondary N) is 1. The summed E-state index contributed by atoms with van der Waals surface area (Å²) in [6.45, 7) is 0.721. The van der Waals surface area contributed by atoms with Gasteiger partial charge in [0.25, 0.3) is 5.91 Å². The van der Waals surface area contributed by atoms with Gasteiger partial charge in [-0.2, -0.15) is 0 Å². The molecule has 1 aliphatic heterocycles. The number of benzene rings is 1. The number of rotatable bonds is 3. The van der Waals surface area contributed by atoms with Gasteiger partial charge in [-0.1, -0.05) is 37.8 Å². The fraction of sp³-hybridized carbons (Fsp3) is 0.529. The molecule has 0 atom stereocenters. The Morgan fingerprint density at radius 1 is 1.20 bits per heavy atom. The van der Waals surface area contributed by atoms with Gasteiger partial charge in [-0.3, -0.25) is 9.59 Å². The zero-order chi connectivity index (χ0) is 13.9. The van der Waals surface area contributed by atoms with Gasteiger partial charge in [0.15, 0.2) is 5.78 Å². The number of hydrogen-bond acceptors (Lipinski definition) is 2. The van der Waals surface area contributed by atoms with Crippen molar-refractivity contribution in [2.45, 2.75) is 44.9 Å². The first-order valence-corrected chi connectivity index (χ1v) is 7.68. The van der Waals surface area contributed by atoms with Gasteiger partial charge >= 0.3 is 0 Å². The largest absolute Gasteiger partial charge is 0.352 e. The molecule has 1 saturated carbocycles. The Kier molecular flexibility index (Phi) is 3.86. The molecule has 2 aliphatic rings. The van der Waals surface area contributed by atoms with Gasteiger partial charge in [0, 0.05) is 24.1 Å². The lowest BCUT2D eigenvalue weighted by molar-refractivity contribution is 0.0956. The molecule has 1 heterocycles. The minimum absolute atomic E-state index is 0.0342. The smallest absolute Gasteiger partial charge is 0.251 e. The predicted octanol–water partition coefficient (Wildman–Crippen LogP) is 3.13. The number of fused-ring (bicyclic) bond motifs is 1. The van der Waals surface area contributed by atoms with Crippen molar-refractivity contribution in [2.75, 3.05) is 6.54 Å². The molecule has 3 nitrogen and oxygen atoms in total. The van der Waals surface area contributed by atoms with E-state index in [9.17, 15) is 9.59 Å². The molecule has 3 heteroatoms. The second-order valence-electron chi connectivity index (χ2n) is 6.01. The molecule has 1 aromatic carbocycles. The van der Waals surface area contributed by atoms with Gasteiger partial charge in [0.2, 0.25) is 0 Å². The van der Waals surface area contributed by atoms with Crippen LogP contribution in [0.15, 0.2) is 18.2 Å². The minimum Gasteiger partial charge on any atom is -0.352 e. The molecule has 0 spiro atoms. The molecule has 1 amide bonds. The molecule has 0 bridgehead atoms. The Bertz CT molecular complexity index is 530. The summed E-state index contributed by atoms with van der Waals surface area (Å²) in [5, 5.41) is 2.89. The van der Waals surface area contributed by atoms with E-state index in [0.717, 1.165) is 24.9 Å². The predicted molar refractivity (Wildman–Crippen MR) is 78.0 cm³/mol. The van der Waals surface area contributed by atoms with Crippen LogP contribution in [-0.2, 0) is 6.42 Å². The maximum absolute atomic E-state index is 12.3. The van der Waals surface area contributed by atoms with Crippen molar-refractivity contribution in [3.63, 3.8) is 0 Å². The second kappa shape index (κ2) is 5.78. The first-order chi connectivity index (χ1) is 9.74. The quantitative estimate of drug-likeness (QED) is 0.858. The molecule has 1 fully saturated rings. The van der Waals surface area contributed by atoms with E-state index in [-0.39, 0.29) is 11.7 Å². The number of carbonyl (C=O) groups excluding carboxylic acids is 2. The normalized spacial score (nSPS) is 19.3. The lowest BCUT2D eigenvalue weighted by Gasteiger charge is -2.10. The maximum Gasteiger partial charge on any atom is 0.251 e. The van der Waals surface area contributed by atoms with Crippen molar-refractivity contribution in [2.24, 2.45) is 5.92 Å². The van der Waals surface area contributed by atoms with Crippen LogP contribution in [0, 0.1) is 5.92 Å². The van der Waals surface area contributed by atoms with Crippen LogP contribution < -0.4 is 5.32 Å². The van der Waals surface area contributed by atoms with Gasteiger partial charge in [0.05, 0.1) is 0 Å². The summed E-state index contributed by atoms with van der Waals surface area (Å²) in [6.07, 6.45) is 7.38. The van der Waals surface area contributed by atoms with E-state index in [4.69, 9.17) is 0 Å². The molecule has 3 rings (SSSR count). The molecule has 106 valence electrons. The van der Waals surface area contributed by atoms with Crippen LogP contribution in [0.2, 0.25) is 0 Å². The van der Waals surface area contributed by atoms with Crippen molar-refractivity contribution in [1.82, 2.24) is 5.32 Å². The number of aryl methyl sites for hydroxylation is 1. The average molecular weight is 271 g/mol. The summed E-state index contributed by atoms with van der Waals surface area (Å²) in [4.78, 5) is 24.3. The highest BCUT2D eigenvalue weighted by Crippen LogP contribution is 2.29. The summed E-state index contributed by atoms with van der Waals surface area (Å²) in [7, 11) is 0. The molecule has 1 aliphatic carbocycles. The van der Waals surface area contributed by atoms with Crippen molar-refractivity contribution < 1.29 is 9.59 Å². The first-order valence-electron chi connectivity index (χ1n) is 7.68. The van der Waals surface area contributed by atoms with Crippen LogP contribution in [0.25, 0.3) is 0 Å². The minimum atomic E-state index is -0.0342. The fourth-order valence-corrected chi connectivity index (χ4v) is 3.35. The van der Waals surface area contributed by atoms with E-state index < -0.39 is 0 Å². The van der Waals surface area contributed by atoms with Gasteiger partial charge in [-0.15, -0.1) is 0 Å². The van der Waals surface area contributed by atoms with Crippen LogP contribution in [0.1, 0.15) is 64.8 Å². The van der Waals surface area contributed by atoms with Gasteiger partial charge in [-0.25, -0.2) is 0 Å². The fourth-order valence-electron chi connectivity index (χ4n) is 3.35. The number of carbonyl (C=O) groups is 2. The highest BCUT2D eigenvalue weighted by atomic mass is 16.1. The van der Waals surface area contributed by atoms with E-state index in [2.05, 4.69) is 5.32 Å². The Morgan fingerprint density at radius 3 is 2.80 bits per heavy atom. The number of Topliss-reactive ketones (excluding diaryl/α,β-unsaturated/α-hetero) is 1. The van der Waals surface area contributed by atoms with Crippen molar-refractivity contribution in [1.29, 1.82) is 0 Å².